The molecule has 1 aliphatic heterocycles. The number of piperazine rings is 1. The topological polar surface area (TPSA) is 59.4 Å². The number of unbranched alkanes of at least 4 members (excludes halogenated alkanes) is 1. The lowest BCUT2D eigenvalue weighted by molar-refractivity contribution is -0.137. The standard InChI is InChI=1S/C24H33F3N4O.ClH/c25-24(26,27)21-5-1-2-6-22(21)31-17-15-30(16-18-31)14-12-19-8-10-20(11-9-19)29-23(32)7-3-4-13-28;/h1-2,5-6,19-20H,3-4,7-12,14-18H2,(H,29,32);1H. The summed E-state index contributed by atoms with van der Waals surface area (Å²) in [6, 6.07) is 8.15. The highest BCUT2D eigenvalue weighted by Crippen LogP contribution is 2.36. The van der Waals surface area contributed by atoms with Crippen molar-refractivity contribution in [3.05, 3.63) is 29.8 Å². The van der Waals surface area contributed by atoms with Gasteiger partial charge in [0.25, 0.3) is 0 Å². The molecule has 1 aromatic rings. The van der Waals surface area contributed by atoms with E-state index < -0.39 is 11.7 Å². The molecular weight excluding hydrogens is 453 g/mol. The third-order valence-corrected chi connectivity index (χ3v) is 6.68. The lowest BCUT2D eigenvalue weighted by Gasteiger charge is -2.38. The molecule has 1 heterocycles. The van der Waals surface area contributed by atoms with Gasteiger partial charge in [-0.15, -0.1) is 12.4 Å². The third-order valence-electron chi connectivity index (χ3n) is 6.68. The molecule has 0 radical (unpaired) electrons. The highest BCUT2D eigenvalue weighted by Gasteiger charge is 2.35. The number of nitrogens with zero attached hydrogens (tertiary/aromatic N) is 3. The van der Waals surface area contributed by atoms with Gasteiger partial charge in [0.05, 0.1) is 11.6 Å². The van der Waals surface area contributed by atoms with Gasteiger partial charge >= 0.3 is 6.18 Å². The van der Waals surface area contributed by atoms with Crippen molar-refractivity contribution in [2.24, 2.45) is 5.92 Å². The number of anilines is 1. The maximum absolute atomic E-state index is 13.3. The van der Waals surface area contributed by atoms with Gasteiger partial charge in [0.2, 0.25) is 5.91 Å². The van der Waals surface area contributed by atoms with Crippen LogP contribution in [0.2, 0.25) is 0 Å². The largest absolute Gasteiger partial charge is 0.418 e. The lowest BCUT2D eigenvalue weighted by atomic mass is 9.84. The molecule has 2 fully saturated rings. The fourth-order valence-corrected chi connectivity index (χ4v) is 4.79. The highest BCUT2D eigenvalue weighted by atomic mass is 35.5. The van der Waals surface area contributed by atoms with Crippen LogP contribution in [0.15, 0.2) is 24.3 Å². The lowest BCUT2D eigenvalue weighted by Crippen LogP contribution is -2.47. The van der Waals surface area contributed by atoms with Crippen molar-refractivity contribution in [2.45, 2.75) is 63.6 Å². The van der Waals surface area contributed by atoms with E-state index in [4.69, 9.17) is 5.26 Å². The molecule has 0 spiro atoms. The Balaban J connectivity index is 0.00000385. The number of nitriles is 1. The van der Waals surface area contributed by atoms with Gasteiger partial charge < -0.3 is 10.2 Å². The Morgan fingerprint density at radius 3 is 2.39 bits per heavy atom. The SMILES string of the molecule is Cl.N#CCCCC(=O)NC1CCC(CCN2CCN(c3ccccc3C(F)(F)F)CC2)CC1. The van der Waals surface area contributed by atoms with E-state index in [0.29, 0.717) is 38.3 Å². The first-order valence-electron chi connectivity index (χ1n) is 11.7. The summed E-state index contributed by atoms with van der Waals surface area (Å²) in [7, 11) is 0. The first-order valence-corrected chi connectivity index (χ1v) is 11.7. The number of rotatable bonds is 8. The molecule has 0 atom stereocenters. The Morgan fingerprint density at radius 1 is 1.09 bits per heavy atom. The average molecular weight is 487 g/mol. The van der Waals surface area contributed by atoms with Crippen molar-refractivity contribution in [3.8, 4) is 6.07 Å². The zero-order chi connectivity index (χ0) is 23.0. The summed E-state index contributed by atoms with van der Waals surface area (Å²) in [5, 5.41) is 11.6. The van der Waals surface area contributed by atoms with Gasteiger partial charge in [-0.3, -0.25) is 9.69 Å². The van der Waals surface area contributed by atoms with Crippen LogP contribution in [0.5, 0.6) is 0 Å². The number of carbonyl (C=O) groups is 1. The molecule has 1 N–H and O–H groups in total. The molecule has 0 unspecified atom stereocenters. The first kappa shape index (κ1) is 27.3. The van der Waals surface area contributed by atoms with E-state index in [9.17, 15) is 18.0 Å². The average Bonchev–Trinajstić information content (AvgIpc) is 2.79. The molecule has 184 valence electrons. The molecule has 3 rings (SSSR count). The van der Waals surface area contributed by atoms with Crippen LogP contribution < -0.4 is 10.2 Å². The van der Waals surface area contributed by atoms with E-state index >= 15 is 0 Å². The van der Waals surface area contributed by atoms with Crippen molar-refractivity contribution in [1.29, 1.82) is 5.26 Å². The molecular formula is C24H34ClF3N4O. The summed E-state index contributed by atoms with van der Waals surface area (Å²) in [4.78, 5) is 16.1. The minimum atomic E-state index is -4.33. The minimum Gasteiger partial charge on any atom is -0.368 e. The monoisotopic (exact) mass is 486 g/mol. The fraction of sp³-hybridized carbons (Fsp3) is 0.667. The Kier molecular flexibility index (Phi) is 10.8. The van der Waals surface area contributed by atoms with Crippen LogP contribution in [0, 0.1) is 17.2 Å². The van der Waals surface area contributed by atoms with E-state index in [0.717, 1.165) is 57.8 Å². The zero-order valence-corrected chi connectivity index (χ0v) is 19.8. The Labute approximate surface area is 200 Å². The molecule has 1 saturated carbocycles. The van der Waals surface area contributed by atoms with Crippen LogP contribution in [0.25, 0.3) is 0 Å². The predicted molar refractivity (Wildman–Crippen MR) is 125 cm³/mol. The molecule has 33 heavy (non-hydrogen) atoms. The van der Waals surface area contributed by atoms with E-state index in [1.165, 1.54) is 6.07 Å². The zero-order valence-electron chi connectivity index (χ0n) is 18.9. The number of carbonyl (C=O) groups excluding carboxylic acids is 1. The van der Waals surface area contributed by atoms with Crippen LogP contribution in [-0.2, 0) is 11.0 Å². The maximum Gasteiger partial charge on any atom is 0.418 e. The van der Waals surface area contributed by atoms with E-state index in [2.05, 4.69) is 16.3 Å². The van der Waals surface area contributed by atoms with Gasteiger partial charge in [-0.1, -0.05) is 12.1 Å². The molecule has 0 aromatic heterocycles. The van der Waals surface area contributed by atoms with Gasteiger partial charge in [0, 0.05) is 50.7 Å². The molecule has 1 aliphatic carbocycles. The van der Waals surface area contributed by atoms with Gasteiger partial charge in [0.15, 0.2) is 0 Å². The fourth-order valence-electron chi connectivity index (χ4n) is 4.79. The number of benzene rings is 1. The van der Waals surface area contributed by atoms with E-state index in [1.807, 2.05) is 4.90 Å². The second-order valence-corrected chi connectivity index (χ2v) is 8.93. The van der Waals surface area contributed by atoms with E-state index in [1.54, 1.807) is 12.1 Å². The number of amides is 1. The predicted octanol–water partition coefficient (Wildman–Crippen LogP) is 5.01. The number of alkyl halides is 3. The summed E-state index contributed by atoms with van der Waals surface area (Å²) in [5.74, 6) is 0.694. The van der Waals surface area contributed by atoms with Crippen molar-refractivity contribution >= 4 is 24.0 Å². The van der Waals surface area contributed by atoms with Crippen LogP contribution in [0.4, 0.5) is 18.9 Å². The van der Waals surface area contributed by atoms with Crippen LogP contribution in [-0.4, -0.2) is 49.6 Å². The Bertz CT molecular complexity index is 783. The number of para-hydroxylation sites is 1. The summed E-state index contributed by atoms with van der Waals surface area (Å²) >= 11 is 0. The van der Waals surface area contributed by atoms with Gasteiger partial charge in [-0.05, 0) is 63.1 Å². The summed E-state index contributed by atoms with van der Waals surface area (Å²) in [5.41, 5.74) is -0.269. The molecule has 0 bridgehead atoms. The van der Waals surface area contributed by atoms with Gasteiger partial charge in [0.1, 0.15) is 0 Å². The van der Waals surface area contributed by atoms with Gasteiger partial charge in [-0.2, -0.15) is 18.4 Å². The minimum absolute atomic E-state index is 0. The normalized spacial score (nSPS) is 21.7. The summed E-state index contributed by atoms with van der Waals surface area (Å²) < 4.78 is 39.9. The second kappa shape index (κ2) is 13.0. The summed E-state index contributed by atoms with van der Waals surface area (Å²) in [6.07, 6.45) is 2.42. The van der Waals surface area contributed by atoms with Gasteiger partial charge in [-0.25, -0.2) is 0 Å². The molecule has 1 amide bonds. The number of halogens is 4. The maximum atomic E-state index is 13.3. The van der Waals surface area contributed by atoms with Crippen LogP contribution >= 0.6 is 12.4 Å². The van der Waals surface area contributed by atoms with Crippen molar-refractivity contribution in [2.75, 3.05) is 37.6 Å². The number of hydrogen-bond acceptors (Lipinski definition) is 4. The quantitative estimate of drug-likeness (QED) is 0.525. The number of hydrogen-bond donors (Lipinski definition) is 1. The Hall–Kier alpha value is -1.98. The summed E-state index contributed by atoms with van der Waals surface area (Å²) in [6.45, 7) is 3.75. The van der Waals surface area contributed by atoms with Crippen LogP contribution in [0.3, 0.4) is 0 Å². The Morgan fingerprint density at radius 2 is 1.76 bits per heavy atom. The van der Waals surface area contributed by atoms with Crippen molar-refractivity contribution < 1.29 is 18.0 Å². The van der Waals surface area contributed by atoms with E-state index in [-0.39, 0.29) is 30.0 Å². The highest BCUT2D eigenvalue weighted by molar-refractivity contribution is 5.85. The molecule has 5 nitrogen and oxygen atoms in total. The first-order chi connectivity index (χ1) is 15.4. The number of nitrogens with one attached hydrogen (secondary N) is 1. The van der Waals surface area contributed by atoms with Crippen molar-refractivity contribution in [3.63, 3.8) is 0 Å². The third kappa shape index (κ3) is 8.38. The molecule has 2 aliphatic rings. The van der Waals surface area contributed by atoms with Crippen molar-refractivity contribution in [1.82, 2.24) is 10.2 Å². The molecule has 1 saturated heterocycles. The van der Waals surface area contributed by atoms with Crippen LogP contribution in [0.1, 0.15) is 56.9 Å². The smallest absolute Gasteiger partial charge is 0.368 e. The molecule has 9 heteroatoms. The second-order valence-electron chi connectivity index (χ2n) is 8.93. The molecule has 1 aromatic carbocycles.